The van der Waals surface area contributed by atoms with E-state index in [2.05, 4.69) is 32.7 Å². The Kier molecular flexibility index (Phi) is 8.31. The molecule has 41 heavy (non-hydrogen) atoms. The standard InChI is InChI=1S/C33H32N6O2/c1-22-20-35-30(38-32(22)28-21-34-29-11-5-4-10-27(28)29)19-23-8-6-9-26(18-23)37-33(41)24-13-15-25(16-14-24)36-31(40)12-7-17-39(2)3/h4-16,18,20-21,34H,17,19H2,1-3H3,(H,36,40)(H,37,41)/b12-7+. The summed E-state index contributed by atoms with van der Waals surface area (Å²) in [4.78, 5) is 39.7. The van der Waals surface area contributed by atoms with E-state index in [4.69, 9.17) is 4.98 Å². The third-order valence-corrected chi connectivity index (χ3v) is 6.57. The highest BCUT2D eigenvalue weighted by Crippen LogP contribution is 2.29. The molecular weight excluding hydrogens is 512 g/mol. The summed E-state index contributed by atoms with van der Waals surface area (Å²) in [5, 5.41) is 6.88. The van der Waals surface area contributed by atoms with Crippen LogP contribution < -0.4 is 10.6 Å². The second-order valence-electron chi connectivity index (χ2n) is 10.1. The number of fused-ring (bicyclic) bond motifs is 1. The van der Waals surface area contributed by atoms with Crippen LogP contribution in [0, 0.1) is 6.92 Å². The Hall–Kier alpha value is -5.08. The molecule has 3 aromatic carbocycles. The molecular formula is C33H32N6O2. The molecule has 3 N–H and O–H groups in total. The van der Waals surface area contributed by atoms with Gasteiger partial charge < -0.3 is 20.5 Å². The maximum Gasteiger partial charge on any atom is 0.255 e. The number of amides is 2. The molecule has 0 aliphatic carbocycles. The predicted octanol–water partition coefficient (Wildman–Crippen LogP) is 5.83. The molecule has 0 saturated carbocycles. The van der Waals surface area contributed by atoms with Crippen molar-refractivity contribution in [3.63, 3.8) is 0 Å². The van der Waals surface area contributed by atoms with Crippen molar-refractivity contribution in [3.8, 4) is 11.3 Å². The number of carbonyl (C=O) groups excluding carboxylic acids is 2. The molecule has 0 atom stereocenters. The van der Waals surface area contributed by atoms with E-state index in [9.17, 15) is 9.59 Å². The molecule has 0 spiro atoms. The summed E-state index contributed by atoms with van der Waals surface area (Å²) in [5.41, 5.74) is 6.80. The van der Waals surface area contributed by atoms with Gasteiger partial charge in [-0.3, -0.25) is 9.59 Å². The van der Waals surface area contributed by atoms with E-state index in [0.29, 0.717) is 35.7 Å². The monoisotopic (exact) mass is 544 g/mol. The molecule has 0 fully saturated rings. The van der Waals surface area contributed by atoms with Crippen LogP contribution in [-0.4, -0.2) is 52.3 Å². The number of aryl methyl sites for hydroxylation is 1. The van der Waals surface area contributed by atoms with Crippen LogP contribution in [0.3, 0.4) is 0 Å². The minimum atomic E-state index is -0.237. The fourth-order valence-corrected chi connectivity index (χ4v) is 4.51. The van der Waals surface area contributed by atoms with Crippen molar-refractivity contribution < 1.29 is 9.59 Å². The van der Waals surface area contributed by atoms with E-state index >= 15 is 0 Å². The number of hydrogen-bond donors (Lipinski definition) is 3. The summed E-state index contributed by atoms with van der Waals surface area (Å²) in [7, 11) is 3.87. The van der Waals surface area contributed by atoms with Gasteiger partial charge in [0.1, 0.15) is 5.82 Å². The fourth-order valence-electron chi connectivity index (χ4n) is 4.51. The number of rotatable bonds is 9. The molecule has 0 unspecified atom stereocenters. The van der Waals surface area contributed by atoms with Crippen LogP contribution in [0.2, 0.25) is 0 Å². The Morgan fingerprint density at radius 3 is 2.56 bits per heavy atom. The second kappa shape index (κ2) is 12.4. The number of aromatic nitrogens is 3. The molecule has 0 aliphatic rings. The third-order valence-electron chi connectivity index (χ3n) is 6.57. The minimum absolute atomic E-state index is 0.216. The first-order valence-corrected chi connectivity index (χ1v) is 13.4. The number of benzene rings is 3. The molecule has 2 amide bonds. The number of aromatic amines is 1. The highest BCUT2D eigenvalue weighted by molar-refractivity contribution is 6.05. The average Bonchev–Trinajstić information content (AvgIpc) is 3.38. The zero-order valence-corrected chi connectivity index (χ0v) is 23.3. The molecule has 8 heteroatoms. The number of hydrogen-bond acceptors (Lipinski definition) is 5. The van der Waals surface area contributed by atoms with E-state index in [0.717, 1.165) is 33.3 Å². The van der Waals surface area contributed by atoms with Crippen LogP contribution in [0.4, 0.5) is 11.4 Å². The summed E-state index contributed by atoms with van der Waals surface area (Å²) >= 11 is 0. The van der Waals surface area contributed by atoms with Gasteiger partial charge in [0, 0.05) is 64.8 Å². The molecule has 0 radical (unpaired) electrons. The zero-order chi connectivity index (χ0) is 28.8. The average molecular weight is 545 g/mol. The van der Waals surface area contributed by atoms with E-state index in [-0.39, 0.29) is 11.8 Å². The molecule has 0 aliphatic heterocycles. The van der Waals surface area contributed by atoms with Crippen LogP contribution >= 0.6 is 0 Å². The van der Waals surface area contributed by atoms with Crippen molar-refractivity contribution >= 4 is 34.1 Å². The lowest BCUT2D eigenvalue weighted by molar-refractivity contribution is -0.111. The Morgan fingerprint density at radius 2 is 1.76 bits per heavy atom. The Balaban J connectivity index is 1.24. The van der Waals surface area contributed by atoms with Crippen LogP contribution in [0.1, 0.15) is 27.3 Å². The van der Waals surface area contributed by atoms with Gasteiger partial charge >= 0.3 is 0 Å². The van der Waals surface area contributed by atoms with Crippen molar-refractivity contribution in [2.24, 2.45) is 0 Å². The topological polar surface area (TPSA) is 103 Å². The van der Waals surface area contributed by atoms with Gasteiger partial charge in [0.15, 0.2) is 0 Å². The van der Waals surface area contributed by atoms with Crippen molar-refractivity contribution in [2.75, 3.05) is 31.3 Å². The lowest BCUT2D eigenvalue weighted by Crippen LogP contribution is -2.14. The van der Waals surface area contributed by atoms with Gasteiger partial charge in [-0.1, -0.05) is 36.4 Å². The lowest BCUT2D eigenvalue weighted by Gasteiger charge is -2.10. The van der Waals surface area contributed by atoms with Gasteiger partial charge in [0.25, 0.3) is 5.91 Å². The number of para-hydroxylation sites is 1. The molecule has 0 bridgehead atoms. The molecule has 5 rings (SSSR count). The van der Waals surface area contributed by atoms with E-state index < -0.39 is 0 Å². The van der Waals surface area contributed by atoms with E-state index in [1.165, 1.54) is 6.08 Å². The molecule has 8 nitrogen and oxygen atoms in total. The molecule has 0 saturated heterocycles. The van der Waals surface area contributed by atoms with Gasteiger partial charge in [0.2, 0.25) is 5.91 Å². The van der Waals surface area contributed by atoms with Gasteiger partial charge in [-0.25, -0.2) is 9.97 Å². The quantitative estimate of drug-likeness (QED) is 0.203. The normalized spacial score (nSPS) is 11.3. The third kappa shape index (κ3) is 6.93. The smallest absolute Gasteiger partial charge is 0.255 e. The van der Waals surface area contributed by atoms with E-state index in [1.54, 1.807) is 30.3 Å². The summed E-state index contributed by atoms with van der Waals surface area (Å²) < 4.78 is 0. The number of H-pyrrole nitrogens is 1. The van der Waals surface area contributed by atoms with Crippen molar-refractivity contribution in [3.05, 3.63) is 120 Å². The Morgan fingerprint density at radius 1 is 0.951 bits per heavy atom. The molecule has 206 valence electrons. The number of carbonyl (C=O) groups is 2. The lowest BCUT2D eigenvalue weighted by atomic mass is 10.1. The Bertz CT molecular complexity index is 1720. The summed E-state index contributed by atoms with van der Waals surface area (Å²) in [5.74, 6) is 0.250. The van der Waals surface area contributed by atoms with Gasteiger partial charge in [-0.2, -0.15) is 0 Å². The largest absolute Gasteiger partial charge is 0.360 e. The minimum Gasteiger partial charge on any atom is -0.360 e. The van der Waals surface area contributed by atoms with Crippen LogP contribution in [0.5, 0.6) is 0 Å². The highest BCUT2D eigenvalue weighted by Gasteiger charge is 2.13. The fraction of sp³-hybridized carbons (Fsp3) is 0.152. The predicted molar refractivity (Wildman–Crippen MR) is 164 cm³/mol. The van der Waals surface area contributed by atoms with Crippen molar-refractivity contribution in [1.29, 1.82) is 0 Å². The maximum absolute atomic E-state index is 12.9. The van der Waals surface area contributed by atoms with E-state index in [1.807, 2.05) is 74.7 Å². The molecule has 2 heterocycles. The number of anilines is 2. The Labute approximate surface area is 239 Å². The first-order valence-electron chi connectivity index (χ1n) is 13.4. The van der Waals surface area contributed by atoms with Crippen LogP contribution in [0.25, 0.3) is 22.2 Å². The van der Waals surface area contributed by atoms with Gasteiger partial charge in [-0.15, -0.1) is 0 Å². The number of likely N-dealkylation sites (N-methyl/N-ethyl adjacent to an activating group) is 1. The van der Waals surface area contributed by atoms with Crippen molar-refractivity contribution in [2.45, 2.75) is 13.3 Å². The van der Waals surface area contributed by atoms with Crippen molar-refractivity contribution in [1.82, 2.24) is 19.9 Å². The molecule has 2 aromatic heterocycles. The molecule has 5 aromatic rings. The number of nitrogens with one attached hydrogen (secondary N) is 3. The first kappa shape index (κ1) is 27.5. The summed E-state index contributed by atoms with van der Waals surface area (Å²) in [6.45, 7) is 2.69. The maximum atomic E-state index is 12.9. The van der Waals surface area contributed by atoms with Gasteiger partial charge in [-0.05, 0) is 74.6 Å². The summed E-state index contributed by atoms with van der Waals surface area (Å²) in [6, 6.07) is 22.6. The number of nitrogens with zero attached hydrogens (tertiary/aromatic N) is 3. The second-order valence-corrected chi connectivity index (χ2v) is 10.1. The van der Waals surface area contributed by atoms with Crippen LogP contribution in [-0.2, 0) is 11.2 Å². The van der Waals surface area contributed by atoms with Crippen LogP contribution in [0.15, 0.2) is 97.3 Å². The SMILES string of the molecule is Cc1cnc(Cc2cccc(NC(=O)c3ccc(NC(=O)/C=C/CN(C)C)cc3)c2)nc1-c1c[nH]c2ccccc12. The first-order chi connectivity index (χ1) is 19.9. The summed E-state index contributed by atoms with van der Waals surface area (Å²) in [6.07, 6.45) is 7.66. The van der Waals surface area contributed by atoms with Gasteiger partial charge in [0.05, 0.1) is 5.69 Å². The highest BCUT2D eigenvalue weighted by atomic mass is 16.2. The zero-order valence-electron chi connectivity index (χ0n) is 23.3.